The van der Waals surface area contributed by atoms with Gasteiger partial charge in [-0.25, -0.2) is 0 Å². The van der Waals surface area contributed by atoms with Crippen molar-refractivity contribution in [3.8, 4) is 0 Å². The lowest BCUT2D eigenvalue weighted by atomic mass is 10.1. The lowest BCUT2D eigenvalue weighted by Gasteiger charge is -2.11. The van der Waals surface area contributed by atoms with E-state index in [-0.39, 0.29) is 0 Å². The highest BCUT2D eigenvalue weighted by atomic mass is 32.1. The number of benzene rings is 1. The third-order valence-electron chi connectivity index (χ3n) is 3.52. The molecule has 4 heteroatoms. The number of nitrogen functional groups attached to an aromatic ring is 1. The van der Waals surface area contributed by atoms with Gasteiger partial charge in [0.1, 0.15) is 0 Å². The number of aryl methyl sites for hydroxylation is 1. The monoisotopic (exact) mass is 283 g/mol. The van der Waals surface area contributed by atoms with Crippen LogP contribution in [0.25, 0.3) is 10.8 Å². The first kappa shape index (κ1) is 12.9. The fourth-order valence-corrected chi connectivity index (χ4v) is 3.28. The molecule has 3 aromatic rings. The van der Waals surface area contributed by atoms with Gasteiger partial charge in [0.25, 0.3) is 0 Å². The second-order valence-corrected chi connectivity index (χ2v) is 5.70. The molecular weight excluding hydrogens is 266 g/mol. The van der Waals surface area contributed by atoms with Crippen LogP contribution in [0.1, 0.15) is 17.4 Å². The average molecular weight is 283 g/mol. The lowest BCUT2D eigenvalue weighted by Crippen LogP contribution is -2.03. The first-order valence-corrected chi connectivity index (χ1v) is 7.59. The Hall–Kier alpha value is -2.07. The van der Waals surface area contributed by atoms with Gasteiger partial charge in [0, 0.05) is 34.6 Å². The SMILES string of the molecule is CCc1ccsc1CNc1ccc2cnccc2c1N. The summed E-state index contributed by atoms with van der Waals surface area (Å²) in [6.45, 7) is 3.00. The van der Waals surface area contributed by atoms with Crippen molar-refractivity contribution in [2.24, 2.45) is 0 Å². The summed E-state index contributed by atoms with van der Waals surface area (Å²) in [6.07, 6.45) is 4.68. The van der Waals surface area contributed by atoms with Crippen molar-refractivity contribution in [2.45, 2.75) is 19.9 Å². The molecule has 102 valence electrons. The molecule has 20 heavy (non-hydrogen) atoms. The Balaban J connectivity index is 1.86. The van der Waals surface area contributed by atoms with Crippen molar-refractivity contribution in [3.05, 3.63) is 52.5 Å². The summed E-state index contributed by atoms with van der Waals surface area (Å²) in [4.78, 5) is 5.50. The van der Waals surface area contributed by atoms with Crippen LogP contribution in [0.5, 0.6) is 0 Å². The van der Waals surface area contributed by atoms with Crippen molar-refractivity contribution < 1.29 is 0 Å². The summed E-state index contributed by atoms with van der Waals surface area (Å²) in [5, 5.41) is 7.71. The topological polar surface area (TPSA) is 50.9 Å². The summed E-state index contributed by atoms with van der Waals surface area (Å²) in [6, 6.07) is 8.23. The Kier molecular flexibility index (Phi) is 3.56. The van der Waals surface area contributed by atoms with Crippen LogP contribution in [-0.2, 0) is 13.0 Å². The molecule has 3 rings (SSSR count). The Bertz CT molecular complexity index is 733. The van der Waals surface area contributed by atoms with E-state index in [1.165, 1.54) is 10.4 Å². The highest BCUT2D eigenvalue weighted by Gasteiger charge is 2.06. The van der Waals surface area contributed by atoms with E-state index in [0.717, 1.165) is 35.1 Å². The van der Waals surface area contributed by atoms with Crippen LogP contribution in [0, 0.1) is 0 Å². The molecule has 0 aliphatic rings. The molecule has 3 nitrogen and oxygen atoms in total. The number of thiophene rings is 1. The standard InChI is InChI=1S/C16H17N3S/c1-2-11-6-8-20-15(11)10-19-14-4-3-12-9-18-7-5-13(12)16(14)17/h3-9,19H,2,10,17H2,1H3. The van der Waals surface area contributed by atoms with Gasteiger partial charge in [-0.05, 0) is 35.6 Å². The second kappa shape index (κ2) is 5.51. The van der Waals surface area contributed by atoms with Crippen LogP contribution >= 0.6 is 11.3 Å². The van der Waals surface area contributed by atoms with Crippen LogP contribution in [0.4, 0.5) is 11.4 Å². The van der Waals surface area contributed by atoms with Crippen molar-refractivity contribution in [1.29, 1.82) is 0 Å². The number of nitrogens with one attached hydrogen (secondary N) is 1. The Labute approximate surface area is 122 Å². The van der Waals surface area contributed by atoms with Crippen molar-refractivity contribution >= 4 is 33.5 Å². The lowest BCUT2D eigenvalue weighted by molar-refractivity contribution is 1.08. The van der Waals surface area contributed by atoms with E-state index in [1.54, 1.807) is 17.5 Å². The first-order chi connectivity index (χ1) is 9.79. The number of anilines is 2. The van der Waals surface area contributed by atoms with E-state index in [2.05, 4.69) is 34.7 Å². The maximum Gasteiger partial charge on any atom is 0.0630 e. The molecule has 2 heterocycles. The number of nitrogens with two attached hydrogens (primary N) is 1. The molecule has 0 spiro atoms. The van der Waals surface area contributed by atoms with Crippen LogP contribution < -0.4 is 11.1 Å². The number of hydrogen-bond acceptors (Lipinski definition) is 4. The minimum atomic E-state index is 0.791. The maximum absolute atomic E-state index is 6.24. The van der Waals surface area contributed by atoms with Crippen LogP contribution in [-0.4, -0.2) is 4.98 Å². The third kappa shape index (κ3) is 2.34. The largest absolute Gasteiger partial charge is 0.397 e. The summed E-state index contributed by atoms with van der Waals surface area (Å²) in [5.41, 5.74) is 9.43. The van der Waals surface area contributed by atoms with Gasteiger partial charge in [-0.15, -0.1) is 11.3 Å². The summed E-state index contributed by atoms with van der Waals surface area (Å²) < 4.78 is 0. The van der Waals surface area contributed by atoms with Gasteiger partial charge >= 0.3 is 0 Å². The van der Waals surface area contributed by atoms with Crippen LogP contribution in [0.2, 0.25) is 0 Å². The zero-order valence-corrected chi connectivity index (χ0v) is 12.2. The van der Waals surface area contributed by atoms with Crippen molar-refractivity contribution in [3.63, 3.8) is 0 Å². The van der Waals surface area contributed by atoms with E-state index in [0.29, 0.717) is 0 Å². The number of nitrogens with zero attached hydrogens (tertiary/aromatic N) is 1. The molecular formula is C16H17N3S. The van der Waals surface area contributed by atoms with E-state index in [9.17, 15) is 0 Å². The minimum absolute atomic E-state index is 0.791. The van der Waals surface area contributed by atoms with E-state index < -0.39 is 0 Å². The minimum Gasteiger partial charge on any atom is -0.397 e. The first-order valence-electron chi connectivity index (χ1n) is 6.71. The quantitative estimate of drug-likeness (QED) is 0.710. The fourth-order valence-electron chi connectivity index (χ4n) is 2.36. The van der Waals surface area contributed by atoms with E-state index in [4.69, 9.17) is 5.73 Å². The second-order valence-electron chi connectivity index (χ2n) is 4.70. The smallest absolute Gasteiger partial charge is 0.0630 e. The Morgan fingerprint density at radius 2 is 2.15 bits per heavy atom. The van der Waals surface area contributed by atoms with Crippen molar-refractivity contribution in [2.75, 3.05) is 11.1 Å². The zero-order chi connectivity index (χ0) is 13.9. The van der Waals surface area contributed by atoms with Gasteiger partial charge in [0.2, 0.25) is 0 Å². The number of rotatable bonds is 4. The Morgan fingerprint density at radius 3 is 3.00 bits per heavy atom. The van der Waals surface area contributed by atoms with Gasteiger partial charge in [0.05, 0.1) is 11.4 Å². The molecule has 3 N–H and O–H groups in total. The molecule has 0 aliphatic carbocycles. The molecule has 0 unspecified atom stereocenters. The zero-order valence-electron chi connectivity index (χ0n) is 11.4. The van der Waals surface area contributed by atoms with Gasteiger partial charge < -0.3 is 11.1 Å². The van der Waals surface area contributed by atoms with E-state index in [1.807, 2.05) is 18.3 Å². The third-order valence-corrected chi connectivity index (χ3v) is 4.48. The summed E-state index contributed by atoms with van der Waals surface area (Å²) in [7, 11) is 0. The molecule has 0 saturated carbocycles. The molecule has 0 saturated heterocycles. The molecule has 1 aromatic carbocycles. The number of pyridine rings is 1. The molecule has 0 atom stereocenters. The van der Waals surface area contributed by atoms with Crippen LogP contribution in [0.15, 0.2) is 42.0 Å². The van der Waals surface area contributed by atoms with Gasteiger partial charge in [-0.3, -0.25) is 4.98 Å². The predicted molar refractivity (Wildman–Crippen MR) is 87.2 cm³/mol. The van der Waals surface area contributed by atoms with Gasteiger partial charge in [-0.1, -0.05) is 13.0 Å². The van der Waals surface area contributed by atoms with Gasteiger partial charge in [0.15, 0.2) is 0 Å². The molecule has 0 radical (unpaired) electrons. The van der Waals surface area contributed by atoms with Crippen molar-refractivity contribution in [1.82, 2.24) is 4.98 Å². The average Bonchev–Trinajstić information content (AvgIpc) is 2.94. The van der Waals surface area contributed by atoms with E-state index >= 15 is 0 Å². The molecule has 2 aromatic heterocycles. The summed E-state index contributed by atoms with van der Waals surface area (Å²) >= 11 is 1.79. The molecule has 0 fully saturated rings. The Morgan fingerprint density at radius 1 is 1.25 bits per heavy atom. The molecule has 0 bridgehead atoms. The predicted octanol–water partition coefficient (Wildman–Crippen LogP) is 4.05. The molecule has 0 aliphatic heterocycles. The number of hydrogen-bond donors (Lipinski definition) is 2. The molecule has 0 amide bonds. The number of fused-ring (bicyclic) bond motifs is 1. The highest BCUT2D eigenvalue weighted by Crippen LogP contribution is 2.29. The highest BCUT2D eigenvalue weighted by molar-refractivity contribution is 7.10. The number of aromatic nitrogens is 1. The van der Waals surface area contributed by atoms with Crippen LogP contribution in [0.3, 0.4) is 0 Å². The summed E-state index contributed by atoms with van der Waals surface area (Å²) in [5.74, 6) is 0. The normalized spacial score (nSPS) is 10.8. The fraction of sp³-hybridized carbons (Fsp3) is 0.188. The maximum atomic E-state index is 6.24. The van der Waals surface area contributed by atoms with Gasteiger partial charge in [-0.2, -0.15) is 0 Å².